The van der Waals surface area contributed by atoms with Crippen molar-refractivity contribution in [2.75, 3.05) is 12.4 Å². The SMILES string of the molecule is COc1ccc(-c2c(-c3ccnc(NC(C)=O)c3)[nH]c3ccc(F)nc23)nc1. The third-order valence-electron chi connectivity index (χ3n) is 4.19. The van der Waals surface area contributed by atoms with Crippen molar-refractivity contribution in [1.82, 2.24) is 19.9 Å². The number of halogens is 1. The van der Waals surface area contributed by atoms with Crippen LogP contribution in [-0.4, -0.2) is 33.0 Å². The van der Waals surface area contributed by atoms with E-state index in [2.05, 4.69) is 25.3 Å². The predicted octanol–water partition coefficient (Wildman–Crippen LogP) is 3.79. The number of aromatic amines is 1. The summed E-state index contributed by atoms with van der Waals surface area (Å²) in [5, 5.41) is 2.66. The molecule has 140 valence electrons. The Morgan fingerprint density at radius 2 is 2.04 bits per heavy atom. The fraction of sp³-hybridized carbons (Fsp3) is 0.100. The van der Waals surface area contributed by atoms with Crippen LogP contribution < -0.4 is 10.1 Å². The summed E-state index contributed by atoms with van der Waals surface area (Å²) in [6.07, 6.45) is 3.18. The summed E-state index contributed by atoms with van der Waals surface area (Å²) in [5.41, 5.74) is 3.84. The predicted molar refractivity (Wildman–Crippen MR) is 103 cm³/mol. The lowest BCUT2D eigenvalue weighted by Gasteiger charge is -2.07. The van der Waals surface area contributed by atoms with E-state index >= 15 is 0 Å². The van der Waals surface area contributed by atoms with Gasteiger partial charge >= 0.3 is 0 Å². The standard InChI is InChI=1S/C20H16FN5O2/c1-11(27)24-17-9-12(7-8-22-17)19-18(14-4-3-13(28-2)10-23-14)20-15(25-19)5-6-16(21)26-20/h3-10,25H,1-2H3,(H,22,24,27). The maximum Gasteiger partial charge on any atom is 0.222 e. The van der Waals surface area contributed by atoms with Gasteiger partial charge < -0.3 is 15.0 Å². The minimum absolute atomic E-state index is 0.220. The van der Waals surface area contributed by atoms with E-state index < -0.39 is 5.95 Å². The Labute approximate surface area is 159 Å². The second-order valence-corrected chi connectivity index (χ2v) is 6.10. The molecule has 4 heterocycles. The van der Waals surface area contributed by atoms with Crippen molar-refractivity contribution in [2.45, 2.75) is 6.92 Å². The second-order valence-electron chi connectivity index (χ2n) is 6.10. The Hall–Kier alpha value is -3.81. The molecule has 2 N–H and O–H groups in total. The molecule has 4 aromatic heterocycles. The summed E-state index contributed by atoms with van der Waals surface area (Å²) >= 11 is 0. The van der Waals surface area contributed by atoms with Gasteiger partial charge in [-0.05, 0) is 36.4 Å². The molecule has 0 aliphatic heterocycles. The molecular weight excluding hydrogens is 361 g/mol. The highest BCUT2D eigenvalue weighted by Crippen LogP contribution is 2.37. The largest absolute Gasteiger partial charge is 0.495 e. The zero-order valence-corrected chi connectivity index (χ0v) is 15.2. The molecule has 4 rings (SSSR count). The molecule has 0 radical (unpaired) electrons. The number of anilines is 1. The fourth-order valence-corrected chi connectivity index (χ4v) is 2.99. The van der Waals surface area contributed by atoms with Crippen LogP contribution in [0.3, 0.4) is 0 Å². The second kappa shape index (κ2) is 7.07. The molecule has 0 unspecified atom stereocenters. The number of nitrogens with one attached hydrogen (secondary N) is 2. The van der Waals surface area contributed by atoms with Crippen LogP contribution in [0.25, 0.3) is 33.5 Å². The first-order chi connectivity index (χ1) is 13.5. The van der Waals surface area contributed by atoms with E-state index in [0.717, 1.165) is 5.56 Å². The number of fused-ring (bicyclic) bond motifs is 1. The van der Waals surface area contributed by atoms with Gasteiger partial charge in [0.15, 0.2) is 0 Å². The van der Waals surface area contributed by atoms with Gasteiger partial charge in [-0.3, -0.25) is 9.78 Å². The van der Waals surface area contributed by atoms with Crippen LogP contribution in [0.1, 0.15) is 6.92 Å². The van der Waals surface area contributed by atoms with Crippen molar-refractivity contribution in [2.24, 2.45) is 0 Å². The number of ether oxygens (including phenoxy) is 1. The smallest absolute Gasteiger partial charge is 0.222 e. The first kappa shape index (κ1) is 17.6. The molecule has 1 amide bonds. The normalized spacial score (nSPS) is 10.8. The maximum absolute atomic E-state index is 13.8. The first-order valence-electron chi connectivity index (χ1n) is 8.48. The molecule has 0 saturated heterocycles. The van der Waals surface area contributed by atoms with Gasteiger partial charge in [-0.25, -0.2) is 9.97 Å². The highest BCUT2D eigenvalue weighted by Gasteiger charge is 2.18. The van der Waals surface area contributed by atoms with Crippen molar-refractivity contribution in [3.63, 3.8) is 0 Å². The zero-order valence-electron chi connectivity index (χ0n) is 15.2. The molecular formula is C20H16FN5O2. The molecule has 7 nitrogen and oxygen atoms in total. The quantitative estimate of drug-likeness (QED) is 0.528. The van der Waals surface area contributed by atoms with Crippen molar-refractivity contribution >= 4 is 22.8 Å². The number of carbonyl (C=O) groups excluding carboxylic acids is 1. The van der Waals surface area contributed by atoms with Gasteiger partial charge in [-0.2, -0.15) is 4.39 Å². The lowest BCUT2D eigenvalue weighted by molar-refractivity contribution is -0.114. The Kier molecular flexibility index (Phi) is 4.44. The third-order valence-corrected chi connectivity index (χ3v) is 4.19. The molecule has 28 heavy (non-hydrogen) atoms. The minimum Gasteiger partial charge on any atom is -0.495 e. The Morgan fingerprint density at radius 3 is 2.75 bits per heavy atom. The number of aromatic nitrogens is 4. The Bertz CT molecular complexity index is 1170. The molecule has 0 aliphatic carbocycles. The Balaban J connectivity index is 1.94. The van der Waals surface area contributed by atoms with Crippen LogP contribution in [0, 0.1) is 5.95 Å². The monoisotopic (exact) mass is 377 g/mol. The maximum atomic E-state index is 13.8. The van der Waals surface area contributed by atoms with E-state index in [4.69, 9.17) is 4.74 Å². The summed E-state index contributed by atoms with van der Waals surface area (Å²) in [6, 6.07) is 10.0. The van der Waals surface area contributed by atoms with Crippen LogP contribution in [0.2, 0.25) is 0 Å². The van der Waals surface area contributed by atoms with Crippen molar-refractivity contribution in [3.05, 3.63) is 54.7 Å². The average Bonchev–Trinajstić information content (AvgIpc) is 3.06. The molecule has 0 bridgehead atoms. The van der Waals surface area contributed by atoms with E-state index in [9.17, 15) is 9.18 Å². The molecule has 0 atom stereocenters. The number of amides is 1. The van der Waals surface area contributed by atoms with Crippen molar-refractivity contribution in [1.29, 1.82) is 0 Å². The number of pyridine rings is 3. The molecule has 0 saturated carbocycles. The van der Waals surface area contributed by atoms with Crippen LogP contribution in [-0.2, 0) is 4.79 Å². The van der Waals surface area contributed by atoms with E-state index in [1.807, 2.05) is 0 Å². The number of nitrogens with zero attached hydrogens (tertiary/aromatic N) is 3. The molecule has 0 spiro atoms. The molecule has 0 aliphatic rings. The van der Waals surface area contributed by atoms with Gasteiger partial charge in [0, 0.05) is 18.7 Å². The van der Waals surface area contributed by atoms with E-state index in [1.165, 1.54) is 13.0 Å². The third kappa shape index (κ3) is 3.27. The summed E-state index contributed by atoms with van der Waals surface area (Å²) < 4.78 is 19.0. The number of carbonyl (C=O) groups is 1. The lowest BCUT2D eigenvalue weighted by Crippen LogP contribution is -2.07. The molecule has 8 heteroatoms. The lowest BCUT2D eigenvalue weighted by atomic mass is 10.0. The zero-order chi connectivity index (χ0) is 19.7. The van der Waals surface area contributed by atoms with E-state index in [1.54, 1.807) is 49.8 Å². The summed E-state index contributed by atoms with van der Waals surface area (Å²) in [5.74, 6) is 0.223. The molecule has 0 fully saturated rings. The number of rotatable bonds is 4. The first-order valence-corrected chi connectivity index (χ1v) is 8.48. The van der Waals surface area contributed by atoms with E-state index in [-0.39, 0.29) is 5.91 Å². The Morgan fingerprint density at radius 1 is 1.18 bits per heavy atom. The van der Waals surface area contributed by atoms with Crippen molar-refractivity contribution < 1.29 is 13.9 Å². The van der Waals surface area contributed by atoms with Gasteiger partial charge in [0.1, 0.15) is 17.1 Å². The number of H-pyrrole nitrogens is 1. The highest BCUT2D eigenvalue weighted by atomic mass is 19.1. The molecule has 4 aromatic rings. The highest BCUT2D eigenvalue weighted by molar-refractivity contribution is 6.01. The average molecular weight is 377 g/mol. The van der Waals surface area contributed by atoms with Crippen LogP contribution in [0.4, 0.5) is 10.2 Å². The van der Waals surface area contributed by atoms with Gasteiger partial charge in [0.05, 0.1) is 35.8 Å². The summed E-state index contributed by atoms with van der Waals surface area (Å²) in [4.78, 5) is 27.3. The van der Waals surface area contributed by atoms with Crippen molar-refractivity contribution in [3.8, 4) is 28.3 Å². The fourth-order valence-electron chi connectivity index (χ4n) is 2.99. The van der Waals surface area contributed by atoms with Crippen LogP contribution >= 0.6 is 0 Å². The minimum atomic E-state index is -0.582. The van der Waals surface area contributed by atoms with Gasteiger partial charge in [-0.15, -0.1) is 0 Å². The van der Waals surface area contributed by atoms with Crippen LogP contribution in [0.5, 0.6) is 5.75 Å². The number of methoxy groups -OCH3 is 1. The topological polar surface area (TPSA) is 92.8 Å². The van der Waals surface area contributed by atoms with Gasteiger partial charge in [0.2, 0.25) is 11.9 Å². The summed E-state index contributed by atoms with van der Waals surface area (Å²) in [6.45, 7) is 1.41. The van der Waals surface area contributed by atoms with Gasteiger partial charge in [-0.1, -0.05) is 0 Å². The summed E-state index contributed by atoms with van der Waals surface area (Å²) in [7, 11) is 1.56. The molecule has 0 aromatic carbocycles. The van der Waals surface area contributed by atoms with Gasteiger partial charge in [0.25, 0.3) is 0 Å². The number of hydrogen-bond acceptors (Lipinski definition) is 5. The van der Waals surface area contributed by atoms with Crippen LogP contribution in [0.15, 0.2) is 48.8 Å². The van der Waals surface area contributed by atoms with E-state index in [0.29, 0.717) is 39.6 Å². The number of hydrogen-bond donors (Lipinski definition) is 2.